The van der Waals surface area contributed by atoms with Crippen molar-refractivity contribution in [3.63, 3.8) is 0 Å². The first-order chi connectivity index (χ1) is 53.0. The molecule has 1 aliphatic rings. The van der Waals surface area contributed by atoms with Crippen molar-refractivity contribution in [2.75, 3.05) is 39.3 Å². The van der Waals surface area contributed by atoms with Crippen LogP contribution in [0.25, 0.3) is 0 Å². The highest BCUT2D eigenvalue weighted by atomic mass is 16.4. The number of hydrogen-bond donors (Lipinski definition) is 21. The van der Waals surface area contributed by atoms with Crippen LogP contribution < -0.4 is 92.5 Å². The van der Waals surface area contributed by atoms with Crippen LogP contribution >= 0.6 is 0 Å². The number of phenols is 1. The van der Waals surface area contributed by atoms with E-state index < -0.39 is 237 Å². The molecule has 13 atom stereocenters. The molecule has 622 valence electrons. The van der Waals surface area contributed by atoms with Crippen LogP contribution in [0.4, 0.5) is 0 Å². The van der Waals surface area contributed by atoms with Gasteiger partial charge in [0.05, 0.1) is 19.0 Å². The van der Waals surface area contributed by atoms with Crippen LogP contribution in [0.3, 0.4) is 0 Å². The number of carbonyl (C=O) groups excluding carboxylic acids is 14. The highest BCUT2D eigenvalue weighted by Crippen LogP contribution is 2.20. The molecule has 0 aliphatic carbocycles. The first kappa shape index (κ1) is 95.3. The summed E-state index contributed by atoms with van der Waals surface area (Å²) in [6.07, 6.45) is 0.177. The lowest BCUT2D eigenvalue weighted by molar-refractivity contribution is -0.141. The molecule has 112 heavy (non-hydrogen) atoms. The molecule has 0 saturated carbocycles. The highest BCUT2D eigenvalue weighted by Gasteiger charge is 2.40. The Labute approximate surface area is 649 Å². The van der Waals surface area contributed by atoms with Gasteiger partial charge in [-0.25, -0.2) is 0 Å². The SMILES string of the molecule is CC[C@H](C)[C@H](NC(=O)[C@H](CC(N)=O)NC(=O)[C@@H](NC(=O)[C@H](Cc1ccc(O)cc1)NC(=O)[C@H](CCC(=O)O)NC(=O)CNC(=O)[C@@H]1CCCN1C(=O)[C@H](C)NC(=O)[C@H](CCCCN)NC(=O)[C@H](CCCCN)NC(=O)[C@@H](N)CCCCN)C(C)C)C(=O)N[C@@H](CCC(=O)O)C(=O)N[C@@H](Cc1ccccc1)C(=O)NCC(=O)O. The van der Waals surface area contributed by atoms with Crippen molar-refractivity contribution in [3.8, 4) is 5.75 Å². The minimum Gasteiger partial charge on any atom is -0.508 e. The number of amides is 14. The number of hydrogen-bond acceptors (Lipinski definition) is 22. The van der Waals surface area contributed by atoms with Gasteiger partial charge in [-0.3, -0.25) is 81.5 Å². The molecule has 0 spiro atoms. The molecule has 14 amide bonds. The van der Waals surface area contributed by atoms with Crippen molar-refractivity contribution in [1.29, 1.82) is 0 Å². The summed E-state index contributed by atoms with van der Waals surface area (Å²) in [5.41, 5.74) is 29.5. The van der Waals surface area contributed by atoms with Crippen LogP contribution in [0, 0.1) is 11.8 Å². The van der Waals surface area contributed by atoms with Crippen molar-refractivity contribution in [2.45, 2.75) is 229 Å². The standard InChI is InChI=1S/C73H114N18O21/c1-6-41(4)61(72(111)85-50(28-30-58(97)98)67(106)86-51(63(102)80-39-59(99)100)35-43-17-8-7-9-18-43)90-69(108)53(37-55(78)93)88-71(110)60(40(2)3)89-68(107)52(36-44-23-25-45(92)26-24-44)87-66(105)49(27-29-57(95)96)82-56(94)38-79-70(109)54-22-16-34-91(54)73(112)42(5)81-64(103)47(20-11-14-32-75)84-65(104)48(21-12-15-33-76)83-62(101)46(77)19-10-13-31-74/h7-9,17-18,23-26,40-42,46-54,60-61,92H,6,10-16,19-22,27-39,74-77H2,1-5H3,(H2,78,93)(H,79,109)(H,80,102)(H,81,103)(H,82,94)(H,83,101)(H,84,104)(H,85,111)(H,86,106)(H,87,105)(H,88,110)(H,89,107)(H,90,108)(H,95,96)(H,97,98)(H,99,100)/t41-,42-,46-,47-,48-,49-,50-,51-,52-,53-,54-,60-,61-/m0/s1. The fourth-order valence-corrected chi connectivity index (χ4v) is 11.9. The quantitative estimate of drug-likeness (QED) is 0.0277. The third-order valence-electron chi connectivity index (χ3n) is 18.5. The smallest absolute Gasteiger partial charge is 0.322 e. The number of benzene rings is 2. The van der Waals surface area contributed by atoms with E-state index in [9.17, 15) is 102 Å². The molecule has 0 unspecified atom stereocenters. The average molecular weight is 1580 g/mol. The van der Waals surface area contributed by atoms with Gasteiger partial charge < -0.3 is 118 Å². The van der Waals surface area contributed by atoms with E-state index in [0.717, 1.165) is 0 Å². The summed E-state index contributed by atoms with van der Waals surface area (Å²) in [7, 11) is 0. The molecule has 2 aromatic carbocycles. The van der Waals surface area contributed by atoms with Crippen LogP contribution in [-0.4, -0.2) is 238 Å². The molecule has 2 aromatic rings. The number of nitrogens with one attached hydrogen (secondary N) is 12. The molecule has 1 heterocycles. The Morgan fingerprint density at radius 3 is 1.41 bits per heavy atom. The fourth-order valence-electron chi connectivity index (χ4n) is 11.9. The van der Waals surface area contributed by atoms with Crippen LogP contribution in [0.1, 0.15) is 155 Å². The predicted octanol–water partition coefficient (Wildman–Crippen LogP) is -4.63. The zero-order valence-electron chi connectivity index (χ0n) is 64.0. The Bertz CT molecular complexity index is 3520. The number of nitrogens with two attached hydrogens (primary N) is 5. The van der Waals surface area contributed by atoms with E-state index in [1.165, 1.54) is 56.9 Å². The van der Waals surface area contributed by atoms with Crippen LogP contribution in [0.2, 0.25) is 0 Å². The van der Waals surface area contributed by atoms with Gasteiger partial charge in [-0.15, -0.1) is 0 Å². The van der Waals surface area contributed by atoms with Gasteiger partial charge in [0, 0.05) is 32.2 Å². The van der Waals surface area contributed by atoms with Gasteiger partial charge in [-0.1, -0.05) is 83.0 Å². The van der Waals surface area contributed by atoms with E-state index in [1.807, 2.05) is 0 Å². The van der Waals surface area contributed by atoms with E-state index in [2.05, 4.69) is 63.8 Å². The number of unbranched alkanes of at least 4 members (excludes halogenated alkanes) is 3. The van der Waals surface area contributed by atoms with Gasteiger partial charge in [0.2, 0.25) is 82.7 Å². The van der Waals surface area contributed by atoms with Crippen LogP contribution in [-0.2, 0) is 94.3 Å². The van der Waals surface area contributed by atoms with Crippen molar-refractivity contribution in [2.24, 2.45) is 40.5 Å². The minimum absolute atomic E-state index is 0.0448. The summed E-state index contributed by atoms with van der Waals surface area (Å²) in [5.74, 6) is -19.4. The number of carboxylic acids is 3. The normalized spacial score (nSPS) is 15.7. The molecule has 1 fully saturated rings. The Balaban J connectivity index is 1.85. The molecule has 26 N–H and O–H groups in total. The van der Waals surface area contributed by atoms with Gasteiger partial charge in [0.25, 0.3) is 0 Å². The number of carbonyl (C=O) groups is 17. The molecule has 3 rings (SSSR count). The predicted molar refractivity (Wildman–Crippen MR) is 404 cm³/mol. The minimum atomic E-state index is -1.89. The molecule has 1 saturated heterocycles. The lowest BCUT2D eigenvalue weighted by Gasteiger charge is -2.30. The molecule has 0 radical (unpaired) electrons. The molecule has 0 aromatic heterocycles. The molecule has 0 bridgehead atoms. The van der Waals surface area contributed by atoms with E-state index >= 15 is 0 Å². The maximum absolute atomic E-state index is 14.6. The maximum Gasteiger partial charge on any atom is 0.322 e. The zero-order valence-corrected chi connectivity index (χ0v) is 64.0. The highest BCUT2D eigenvalue weighted by molar-refractivity contribution is 6.01. The number of carboxylic acid groups (broad SMARTS) is 3. The molecular formula is C73H114N18O21. The van der Waals surface area contributed by atoms with E-state index in [1.54, 1.807) is 37.3 Å². The first-order valence-corrected chi connectivity index (χ1v) is 37.5. The van der Waals surface area contributed by atoms with E-state index in [-0.39, 0.29) is 50.9 Å². The average Bonchev–Trinajstić information content (AvgIpc) is 1.64. The number of primary amides is 1. The molecular weight excluding hydrogens is 1460 g/mol. The van der Waals surface area contributed by atoms with Crippen molar-refractivity contribution in [1.82, 2.24) is 68.7 Å². The number of aliphatic carboxylic acids is 3. The Morgan fingerprint density at radius 1 is 0.464 bits per heavy atom. The zero-order chi connectivity index (χ0) is 83.7. The Morgan fingerprint density at radius 2 is 0.902 bits per heavy atom. The summed E-state index contributed by atoms with van der Waals surface area (Å²) in [6.45, 7) is 6.84. The van der Waals surface area contributed by atoms with Gasteiger partial charge in [0.15, 0.2) is 0 Å². The third kappa shape index (κ3) is 34.5. The lowest BCUT2D eigenvalue weighted by atomic mass is 9.96. The monoisotopic (exact) mass is 1580 g/mol. The van der Waals surface area contributed by atoms with Gasteiger partial charge in [0.1, 0.15) is 78.8 Å². The number of likely N-dealkylation sites (tertiary alicyclic amines) is 1. The summed E-state index contributed by atoms with van der Waals surface area (Å²) < 4.78 is 0. The van der Waals surface area contributed by atoms with E-state index in [4.69, 9.17) is 28.7 Å². The second-order valence-corrected chi connectivity index (χ2v) is 27.9. The fraction of sp³-hybridized carbons (Fsp3) is 0.603. The number of rotatable bonds is 53. The van der Waals surface area contributed by atoms with Crippen molar-refractivity contribution >= 4 is 101 Å². The summed E-state index contributed by atoms with van der Waals surface area (Å²) >= 11 is 0. The topological polar surface area (TPSA) is 649 Å². The number of nitrogens with zero attached hydrogens (tertiary/aromatic N) is 1. The second kappa shape index (κ2) is 50.1. The Hall–Kier alpha value is -10.9. The van der Waals surface area contributed by atoms with Gasteiger partial charge >= 0.3 is 17.9 Å². The van der Waals surface area contributed by atoms with Gasteiger partial charge in [-0.05, 0) is 139 Å². The number of phenolic OH excluding ortho intramolecular Hbond substituents is 1. The summed E-state index contributed by atoms with van der Waals surface area (Å²) in [6, 6.07) is -3.86. The van der Waals surface area contributed by atoms with Crippen molar-refractivity contribution < 1.29 is 102 Å². The molecule has 39 nitrogen and oxygen atoms in total. The van der Waals surface area contributed by atoms with Crippen LogP contribution in [0.15, 0.2) is 54.6 Å². The second-order valence-electron chi connectivity index (χ2n) is 27.9. The maximum atomic E-state index is 14.6. The summed E-state index contributed by atoms with van der Waals surface area (Å²) in [4.78, 5) is 231. The molecule has 1 aliphatic heterocycles. The van der Waals surface area contributed by atoms with Crippen LogP contribution in [0.5, 0.6) is 5.75 Å². The first-order valence-electron chi connectivity index (χ1n) is 37.5. The number of aromatic hydroxyl groups is 1. The lowest BCUT2D eigenvalue weighted by Crippen LogP contribution is -2.62. The third-order valence-corrected chi connectivity index (χ3v) is 18.5. The van der Waals surface area contributed by atoms with Gasteiger partial charge in [-0.2, -0.15) is 0 Å². The summed E-state index contributed by atoms with van der Waals surface area (Å²) in [5, 5.41) is 68.4. The Kier molecular flexibility index (Phi) is 42.6. The van der Waals surface area contributed by atoms with E-state index in [0.29, 0.717) is 75.6 Å². The largest absolute Gasteiger partial charge is 0.508 e. The molecule has 39 heteroatoms. The van der Waals surface area contributed by atoms with Crippen molar-refractivity contribution in [3.05, 3.63) is 65.7 Å².